The highest BCUT2D eigenvalue weighted by atomic mass is 16.5. The van der Waals surface area contributed by atoms with Crippen molar-refractivity contribution in [2.45, 2.75) is 24.4 Å². The summed E-state index contributed by atoms with van der Waals surface area (Å²) in [5.41, 5.74) is 0. The van der Waals surface area contributed by atoms with E-state index in [2.05, 4.69) is 4.74 Å². The zero-order chi connectivity index (χ0) is 8.43. The van der Waals surface area contributed by atoms with Crippen LogP contribution in [0.1, 0.15) is 0 Å². The quantitative estimate of drug-likeness (QED) is 0.324. The van der Waals surface area contributed by atoms with Crippen LogP contribution in [0.2, 0.25) is 0 Å². The minimum Gasteiger partial charge on any atom is -0.393 e. The highest BCUT2D eigenvalue weighted by Crippen LogP contribution is 2.17. The van der Waals surface area contributed by atoms with Crippen molar-refractivity contribution >= 4 is 0 Å². The van der Waals surface area contributed by atoms with Crippen molar-refractivity contribution in [3.8, 4) is 0 Å². The molecule has 0 spiro atoms. The molecule has 4 N–H and O–H groups in total. The Morgan fingerprint density at radius 3 is 2.36 bits per heavy atom. The van der Waals surface area contributed by atoms with Crippen LogP contribution in [0, 0.1) is 6.61 Å². The number of rotatable bonds is 1. The lowest BCUT2D eigenvalue weighted by Crippen LogP contribution is -2.52. The van der Waals surface area contributed by atoms with Gasteiger partial charge in [-0.05, 0) is 0 Å². The lowest BCUT2D eigenvalue weighted by molar-refractivity contribution is -0.169. The normalized spacial score (nSPS) is 45.1. The molecule has 1 fully saturated rings. The minimum absolute atomic E-state index is 0.387. The smallest absolute Gasteiger partial charge is 0.261 e. The molecule has 5 nitrogen and oxygen atoms in total. The van der Waals surface area contributed by atoms with Gasteiger partial charge in [0.25, 0.3) is 12.7 Å². The van der Waals surface area contributed by atoms with Gasteiger partial charge in [0.2, 0.25) is 0 Å². The van der Waals surface area contributed by atoms with Gasteiger partial charge < -0.3 is 20.4 Å². The van der Waals surface area contributed by atoms with E-state index in [-0.39, 0.29) is 6.61 Å². The molecule has 1 rings (SSSR count). The molecular weight excluding hydrogens is 152 g/mol. The predicted molar refractivity (Wildman–Crippen MR) is 34.3 cm³/mol. The Balaban J connectivity index is 2.52. The van der Waals surface area contributed by atoms with Crippen LogP contribution >= 0.6 is 0 Å². The summed E-state index contributed by atoms with van der Waals surface area (Å²) >= 11 is 0. The average Bonchev–Trinajstić information content (AvgIpc) is 2.01. The van der Waals surface area contributed by atoms with Crippen molar-refractivity contribution in [3.05, 3.63) is 6.61 Å². The molecule has 0 amide bonds. The largest absolute Gasteiger partial charge is 0.393 e. The van der Waals surface area contributed by atoms with E-state index in [1.807, 2.05) is 0 Å². The van der Waals surface area contributed by atoms with Crippen molar-refractivity contribution in [2.24, 2.45) is 0 Å². The van der Waals surface area contributed by atoms with E-state index in [9.17, 15) is 0 Å². The lowest BCUT2D eigenvalue weighted by Gasteiger charge is -2.26. The van der Waals surface area contributed by atoms with Gasteiger partial charge >= 0.3 is 0 Å². The van der Waals surface area contributed by atoms with Gasteiger partial charge in [0.15, 0.2) is 12.2 Å². The molecule has 0 saturated carbocycles. The van der Waals surface area contributed by atoms with Crippen LogP contribution in [0.5, 0.6) is 0 Å². The van der Waals surface area contributed by atoms with Crippen molar-refractivity contribution in [3.63, 3.8) is 0 Å². The minimum atomic E-state index is -1.28. The third kappa shape index (κ3) is 1.63. The molecule has 0 bridgehead atoms. The summed E-state index contributed by atoms with van der Waals surface area (Å²) in [4.78, 5) is 0. The van der Waals surface area contributed by atoms with Gasteiger partial charge in [0, 0.05) is 0 Å². The molecule has 1 aliphatic rings. The first-order valence-electron chi connectivity index (χ1n) is 3.30. The molecule has 0 aromatic rings. The van der Waals surface area contributed by atoms with E-state index < -0.39 is 24.4 Å². The molecule has 5 heteroatoms. The first-order valence-corrected chi connectivity index (χ1v) is 3.30. The maximum absolute atomic E-state index is 9.09. The zero-order valence-electron chi connectivity index (χ0n) is 5.79. The van der Waals surface area contributed by atoms with Crippen LogP contribution in [0.3, 0.4) is 0 Å². The summed E-state index contributed by atoms with van der Waals surface area (Å²) in [5.74, 6) is 0. The van der Waals surface area contributed by atoms with Crippen molar-refractivity contribution in [1.82, 2.24) is 0 Å². The third-order valence-corrected chi connectivity index (χ3v) is 1.65. The summed E-state index contributed by atoms with van der Waals surface area (Å²) in [7, 11) is 0. The number of hydrogen-bond donors (Lipinski definition) is 4. The van der Waals surface area contributed by atoms with Gasteiger partial charge in [-0.2, -0.15) is 4.74 Å². The molecule has 11 heavy (non-hydrogen) atoms. The standard InChI is InChI=1S/C6H11O5/c7-1-4-6(10)5(9)3(8)2-11-4/h2-10H,1H2/q+1/t3?,4?,5?,6-/m1/s1. The van der Waals surface area contributed by atoms with Crippen molar-refractivity contribution < 1.29 is 25.2 Å². The zero-order valence-corrected chi connectivity index (χ0v) is 5.79. The second-order valence-corrected chi connectivity index (χ2v) is 2.46. The van der Waals surface area contributed by atoms with Gasteiger partial charge in [0.1, 0.15) is 6.10 Å². The Kier molecular flexibility index (Phi) is 2.69. The molecule has 1 aliphatic heterocycles. The summed E-state index contributed by atoms with van der Waals surface area (Å²) in [6.45, 7) is 0.611. The summed E-state index contributed by atoms with van der Waals surface area (Å²) in [6, 6.07) is 0. The predicted octanol–water partition coefficient (Wildman–Crippen LogP) is -2.38. The van der Waals surface area contributed by atoms with E-state index in [4.69, 9.17) is 20.4 Å². The van der Waals surface area contributed by atoms with Crippen LogP contribution in [0.4, 0.5) is 0 Å². The van der Waals surface area contributed by atoms with Gasteiger partial charge in [0.05, 0.1) is 6.61 Å². The maximum Gasteiger partial charge on any atom is 0.261 e. The Morgan fingerprint density at radius 2 is 1.82 bits per heavy atom. The van der Waals surface area contributed by atoms with Crippen LogP contribution in [-0.4, -0.2) is 51.4 Å². The van der Waals surface area contributed by atoms with Crippen LogP contribution in [0.25, 0.3) is 0 Å². The van der Waals surface area contributed by atoms with Gasteiger partial charge in [-0.15, -0.1) is 0 Å². The number of aliphatic hydroxyl groups is 4. The average molecular weight is 163 g/mol. The number of hydrogen-bond acceptors (Lipinski definition) is 5. The Hall–Kier alpha value is -0.330. The van der Waals surface area contributed by atoms with E-state index in [1.165, 1.54) is 0 Å². The summed E-state index contributed by atoms with van der Waals surface area (Å²) in [6.07, 6.45) is -4.54. The van der Waals surface area contributed by atoms with Crippen LogP contribution in [-0.2, 0) is 4.74 Å². The fourth-order valence-corrected chi connectivity index (χ4v) is 0.915. The Bertz CT molecular complexity index is 126. The molecule has 3 unspecified atom stereocenters. The summed E-state index contributed by atoms with van der Waals surface area (Å²) < 4.78 is 4.69. The first kappa shape index (κ1) is 8.76. The van der Waals surface area contributed by atoms with E-state index >= 15 is 0 Å². The van der Waals surface area contributed by atoms with Crippen molar-refractivity contribution in [1.29, 1.82) is 0 Å². The van der Waals surface area contributed by atoms with Gasteiger partial charge in [-0.3, -0.25) is 0 Å². The fourth-order valence-electron chi connectivity index (χ4n) is 0.915. The van der Waals surface area contributed by atoms with Crippen LogP contribution < -0.4 is 0 Å². The van der Waals surface area contributed by atoms with Gasteiger partial charge in [-0.25, -0.2) is 0 Å². The topological polar surface area (TPSA) is 90.2 Å². The number of ether oxygens (including phenoxy) is 1. The monoisotopic (exact) mass is 163 g/mol. The highest BCUT2D eigenvalue weighted by molar-refractivity contribution is 4.91. The SMILES string of the molecule is OCC1O[CH+]C(O)C(O)[C@@H]1O. The maximum atomic E-state index is 9.09. The molecule has 0 aromatic heterocycles. The fraction of sp³-hybridized carbons (Fsp3) is 0.833. The van der Waals surface area contributed by atoms with E-state index in [0.29, 0.717) is 0 Å². The highest BCUT2D eigenvalue weighted by Gasteiger charge is 2.44. The third-order valence-electron chi connectivity index (χ3n) is 1.65. The second kappa shape index (κ2) is 3.38. The molecule has 4 atom stereocenters. The van der Waals surface area contributed by atoms with E-state index in [0.717, 1.165) is 6.61 Å². The van der Waals surface area contributed by atoms with E-state index in [1.54, 1.807) is 0 Å². The lowest BCUT2D eigenvalue weighted by atomic mass is 10.0. The molecule has 0 aromatic carbocycles. The Labute approximate surface area is 63.8 Å². The van der Waals surface area contributed by atoms with Gasteiger partial charge in [-0.1, -0.05) is 0 Å². The number of aliphatic hydroxyl groups excluding tert-OH is 4. The summed E-state index contributed by atoms with van der Waals surface area (Å²) in [5, 5.41) is 35.6. The van der Waals surface area contributed by atoms with Crippen molar-refractivity contribution in [2.75, 3.05) is 6.61 Å². The Morgan fingerprint density at radius 1 is 1.18 bits per heavy atom. The second-order valence-electron chi connectivity index (χ2n) is 2.46. The molecular formula is C6H11O5+. The molecule has 0 aliphatic carbocycles. The molecule has 0 radical (unpaired) electrons. The molecule has 64 valence electrons. The first-order chi connectivity index (χ1) is 5.16. The molecule has 1 heterocycles. The van der Waals surface area contributed by atoms with Crippen LogP contribution in [0.15, 0.2) is 0 Å². The molecule has 1 saturated heterocycles.